The second-order valence-corrected chi connectivity index (χ2v) is 11.1. The largest absolute Gasteiger partial charge is 0.462 e. The molecule has 1 unspecified atom stereocenters. The van der Waals surface area contributed by atoms with Crippen molar-refractivity contribution in [3.8, 4) is 0 Å². The Morgan fingerprint density at radius 1 is 1.20 bits per heavy atom. The molecule has 0 spiro atoms. The third-order valence-electron chi connectivity index (χ3n) is 8.80. The Morgan fingerprint density at radius 3 is 2.77 bits per heavy atom. The van der Waals surface area contributed by atoms with E-state index in [9.17, 15) is 14.0 Å². The predicted octanol–water partition coefficient (Wildman–Crippen LogP) is 6.10. The van der Waals surface area contributed by atoms with E-state index in [4.69, 9.17) is 4.74 Å². The molecule has 1 aromatic rings. The van der Waals surface area contributed by atoms with E-state index in [1.807, 2.05) is 13.0 Å². The molecule has 3 fully saturated rings. The van der Waals surface area contributed by atoms with E-state index in [-0.39, 0.29) is 43.1 Å². The molecule has 5 rings (SSSR count). The maximum atomic E-state index is 13.7. The van der Waals surface area contributed by atoms with Crippen molar-refractivity contribution in [1.29, 1.82) is 0 Å². The molecular formula is C30H38FNO3. The van der Waals surface area contributed by atoms with Gasteiger partial charge in [-0.05, 0) is 91.5 Å². The van der Waals surface area contributed by atoms with Gasteiger partial charge in [0.2, 0.25) is 5.91 Å². The standard InChI is InChI=1S/C30H36FNO3.H2/c1-17-13-20(7-10-25(17)21-5-4-6-23(31)14-21)8-11-27-26-12-9-24(32-19(3)33)15-22(26)16-28-29(27)18(2)35-30(28)34;/h4-8,10-11,14,17-18,22,24,26-29H,9,12-13,15-16H2,1-3H3,(H,32,33);1H/b11-8+;/t17?,18-,22-,24-,26-,27-,28+,29-;/m0./s1. The molecule has 1 aromatic carbocycles. The second kappa shape index (κ2) is 9.75. The van der Waals surface area contributed by atoms with Crippen molar-refractivity contribution in [1.82, 2.24) is 5.32 Å². The van der Waals surface area contributed by atoms with Gasteiger partial charge in [-0.25, -0.2) is 4.39 Å². The Balaban J connectivity index is 0.00000304. The second-order valence-electron chi connectivity index (χ2n) is 11.1. The lowest BCUT2D eigenvalue weighted by Gasteiger charge is -2.47. The van der Waals surface area contributed by atoms with Crippen molar-refractivity contribution < 1.29 is 20.1 Å². The summed E-state index contributed by atoms with van der Waals surface area (Å²) in [4.78, 5) is 24.3. The van der Waals surface area contributed by atoms with Crippen LogP contribution in [0.25, 0.3) is 5.57 Å². The topological polar surface area (TPSA) is 55.4 Å². The van der Waals surface area contributed by atoms with Crippen LogP contribution in [0.4, 0.5) is 4.39 Å². The van der Waals surface area contributed by atoms with Gasteiger partial charge in [0.05, 0.1) is 5.92 Å². The minimum atomic E-state index is -0.206. The van der Waals surface area contributed by atoms with Gasteiger partial charge in [0.15, 0.2) is 0 Å². The summed E-state index contributed by atoms with van der Waals surface area (Å²) in [7, 11) is 0. The molecule has 0 radical (unpaired) electrons. The summed E-state index contributed by atoms with van der Waals surface area (Å²) in [5.74, 6) is 1.48. The molecule has 5 heteroatoms. The fraction of sp³-hybridized carbons (Fsp3) is 0.533. The van der Waals surface area contributed by atoms with Gasteiger partial charge in [0.25, 0.3) is 0 Å². The van der Waals surface area contributed by atoms with Crippen molar-refractivity contribution in [2.24, 2.45) is 35.5 Å². The Labute approximate surface area is 209 Å². The Hall–Kier alpha value is -2.69. The first kappa shape index (κ1) is 24.0. The van der Waals surface area contributed by atoms with Gasteiger partial charge < -0.3 is 10.1 Å². The fourth-order valence-electron chi connectivity index (χ4n) is 7.33. The number of benzene rings is 1. The molecule has 0 aromatic heterocycles. The van der Waals surface area contributed by atoms with Crippen LogP contribution in [0.3, 0.4) is 0 Å². The van der Waals surface area contributed by atoms with Crippen molar-refractivity contribution in [3.63, 3.8) is 0 Å². The average Bonchev–Trinajstić information content (AvgIpc) is 3.09. The number of esters is 1. The van der Waals surface area contributed by atoms with Crippen LogP contribution in [0.2, 0.25) is 0 Å². The van der Waals surface area contributed by atoms with E-state index in [0.717, 1.165) is 37.7 Å². The van der Waals surface area contributed by atoms with Crippen molar-refractivity contribution in [2.45, 2.75) is 65.0 Å². The fourth-order valence-corrected chi connectivity index (χ4v) is 7.33. The molecule has 1 heterocycles. The lowest BCUT2D eigenvalue weighted by atomic mass is 9.56. The molecular weight excluding hydrogens is 441 g/mol. The first-order valence-electron chi connectivity index (χ1n) is 13.1. The summed E-state index contributed by atoms with van der Waals surface area (Å²) >= 11 is 0. The number of rotatable bonds is 4. The lowest BCUT2D eigenvalue weighted by Crippen LogP contribution is -2.48. The zero-order valence-electron chi connectivity index (χ0n) is 20.9. The first-order valence-corrected chi connectivity index (χ1v) is 13.1. The normalized spacial score (nSPS) is 36.6. The summed E-state index contributed by atoms with van der Waals surface area (Å²) in [5, 5.41) is 3.11. The number of amides is 1. The summed E-state index contributed by atoms with van der Waals surface area (Å²) in [5.41, 5.74) is 3.38. The number of hydrogen-bond acceptors (Lipinski definition) is 3. The van der Waals surface area contributed by atoms with Gasteiger partial charge in [-0.3, -0.25) is 9.59 Å². The number of allylic oxidation sites excluding steroid dienone is 6. The summed E-state index contributed by atoms with van der Waals surface area (Å²) < 4.78 is 19.5. The van der Waals surface area contributed by atoms with Crippen LogP contribution in [-0.2, 0) is 14.3 Å². The van der Waals surface area contributed by atoms with Crippen LogP contribution in [0, 0.1) is 41.3 Å². The Kier molecular flexibility index (Phi) is 6.69. The van der Waals surface area contributed by atoms with Crippen LogP contribution in [0.15, 0.2) is 54.1 Å². The third kappa shape index (κ3) is 4.87. The summed E-state index contributed by atoms with van der Waals surface area (Å²) in [6, 6.07) is 7.03. The number of nitrogens with one attached hydrogen (secondary N) is 1. The van der Waals surface area contributed by atoms with Crippen molar-refractivity contribution >= 4 is 17.4 Å². The quantitative estimate of drug-likeness (QED) is 0.531. The van der Waals surface area contributed by atoms with Gasteiger partial charge in [-0.1, -0.05) is 43.4 Å². The minimum absolute atomic E-state index is 0. The third-order valence-corrected chi connectivity index (χ3v) is 8.80. The minimum Gasteiger partial charge on any atom is -0.462 e. The molecule has 4 nitrogen and oxygen atoms in total. The number of fused-ring (bicyclic) bond motifs is 2. The molecule has 0 bridgehead atoms. The molecule has 2 saturated carbocycles. The van der Waals surface area contributed by atoms with E-state index < -0.39 is 0 Å². The molecule has 188 valence electrons. The molecule has 1 saturated heterocycles. The van der Waals surface area contributed by atoms with E-state index in [0.29, 0.717) is 23.7 Å². The smallest absolute Gasteiger partial charge is 0.309 e. The van der Waals surface area contributed by atoms with Gasteiger partial charge >= 0.3 is 5.97 Å². The number of hydrogen-bond donors (Lipinski definition) is 1. The number of ether oxygens (including phenoxy) is 1. The number of halogens is 1. The zero-order chi connectivity index (χ0) is 24.7. The van der Waals surface area contributed by atoms with E-state index >= 15 is 0 Å². The molecule has 1 N–H and O–H groups in total. The monoisotopic (exact) mass is 479 g/mol. The average molecular weight is 480 g/mol. The Bertz CT molecular complexity index is 1100. The highest BCUT2D eigenvalue weighted by Gasteiger charge is 2.54. The highest BCUT2D eigenvalue weighted by molar-refractivity contribution is 5.76. The van der Waals surface area contributed by atoms with Crippen LogP contribution >= 0.6 is 0 Å². The molecule has 4 aliphatic rings. The van der Waals surface area contributed by atoms with Gasteiger partial charge in [0.1, 0.15) is 11.9 Å². The SMILES string of the molecule is CC(=O)N[C@H]1CC[C@H]2[C@@H](C1)C[C@H]1C(=O)O[C@@H](C)[C@H]1[C@H]2/C=C/C1=CC=C(c2cccc(F)c2)C(C)C1.[HH]. The van der Waals surface area contributed by atoms with E-state index in [1.165, 1.54) is 17.2 Å². The maximum absolute atomic E-state index is 13.7. The summed E-state index contributed by atoms with van der Waals surface area (Å²) in [6.45, 7) is 5.82. The zero-order valence-corrected chi connectivity index (χ0v) is 20.9. The highest BCUT2D eigenvalue weighted by atomic mass is 19.1. The number of cyclic esters (lactones) is 1. The maximum Gasteiger partial charge on any atom is 0.309 e. The predicted molar refractivity (Wildman–Crippen MR) is 137 cm³/mol. The van der Waals surface area contributed by atoms with Crippen LogP contribution in [0.1, 0.15) is 59.9 Å². The van der Waals surface area contributed by atoms with Crippen molar-refractivity contribution in [2.75, 3.05) is 0 Å². The van der Waals surface area contributed by atoms with Crippen LogP contribution in [-0.4, -0.2) is 24.0 Å². The number of carbonyl (C=O) groups is 2. The molecule has 3 aliphatic carbocycles. The first-order chi connectivity index (χ1) is 16.8. The lowest BCUT2D eigenvalue weighted by molar-refractivity contribution is -0.144. The van der Waals surface area contributed by atoms with Gasteiger partial charge in [0, 0.05) is 20.3 Å². The van der Waals surface area contributed by atoms with E-state index in [2.05, 4.69) is 36.5 Å². The molecule has 8 atom stereocenters. The molecule has 35 heavy (non-hydrogen) atoms. The van der Waals surface area contributed by atoms with Crippen LogP contribution in [0.5, 0.6) is 0 Å². The number of carbonyl (C=O) groups excluding carboxylic acids is 2. The van der Waals surface area contributed by atoms with E-state index in [1.54, 1.807) is 19.1 Å². The highest BCUT2D eigenvalue weighted by Crippen LogP contribution is 2.53. The molecule has 1 amide bonds. The van der Waals surface area contributed by atoms with Crippen molar-refractivity contribution in [3.05, 3.63) is 65.5 Å². The van der Waals surface area contributed by atoms with Gasteiger partial charge in [-0.2, -0.15) is 0 Å². The summed E-state index contributed by atoms with van der Waals surface area (Å²) in [6.07, 6.45) is 13.6. The van der Waals surface area contributed by atoms with Crippen LogP contribution < -0.4 is 5.32 Å². The molecule has 1 aliphatic heterocycles. The Morgan fingerprint density at radius 2 is 2.03 bits per heavy atom. The van der Waals surface area contributed by atoms with Gasteiger partial charge in [-0.15, -0.1) is 0 Å².